The Bertz CT molecular complexity index is 534. The minimum atomic E-state index is -3.43. The van der Waals surface area contributed by atoms with Gasteiger partial charge in [-0.25, -0.2) is 13.1 Å². The first-order valence-electron chi connectivity index (χ1n) is 7.12. The normalized spacial score (nSPS) is 17.9. The fraction of sp³-hybridized carbons (Fsp3) is 0.769. The Kier molecular flexibility index (Phi) is 4.82. The molecule has 20 heavy (non-hydrogen) atoms. The zero-order valence-electron chi connectivity index (χ0n) is 12.2. The number of hydrogen-bond acceptors (Lipinski definition) is 4. The molecule has 0 aliphatic heterocycles. The van der Waals surface area contributed by atoms with E-state index in [1.165, 1.54) is 12.6 Å². The summed E-state index contributed by atoms with van der Waals surface area (Å²) in [6.45, 7) is 4.24. The molecule has 1 aliphatic rings. The van der Waals surface area contributed by atoms with E-state index in [1.54, 1.807) is 10.9 Å². The van der Waals surface area contributed by atoms with E-state index in [1.807, 2.05) is 7.05 Å². The second-order valence-corrected chi connectivity index (χ2v) is 7.65. The maximum Gasteiger partial charge on any atom is 0.243 e. The van der Waals surface area contributed by atoms with Crippen molar-refractivity contribution in [3.63, 3.8) is 0 Å². The zero-order chi connectivity index (χ0) is 14.6. The second-order valence-electron chi connectivity index (χ2n) is 5.88. The van der Waals surface area contributed by atoms with Crippen molar-refractivity contribution in [2.24, 2.45) is 5.41 Å². The summed E-state index contributed by atoms with van der Waals surface area (Å²) in [5.74, 6) is 0. The van der Waals surface area contributed by atoms with Gasteiger partial charge in [-0.2, -0.15) is 5.10 Å². The maximum atomic E-state index is 12.2. The summed E-state index contributed by atoms with van der Waals surface area (Å²) >= 11 is 0. The van der Waals surface area contributed by atoms with Gasteiger partial charge in [0.1, 0.15) is 4.90 Å². The van der Waals surface area contributed by atoms with E-state index in [0.29, 0.717) is 13.1 Å². The molecule has 2 rings (SSSR count). The predicted molar refractivity (Wildman–Crippen MR) is 77.9 cm³/mol. The largest absolute Gasteiger partial charge is 0.320 e. The van der Waals surface area contributed by atoms with Gasteiger partial charge in [0.2, 0.25) is 10.0 Å². The van der Waals surface area contributed by atoms with Crippen molar-refractivity contribution >= 4 is 10.0 Å². The Morgan fingerprint density at radius 2 is 2.20 bits per heavy atom. The van der Waals surface area contributed by atoms with Crippen molar-refractivity contribution in [3.05, 3.63) is 12.4 Å². The summed E-state index contributed by atoms with van der Waals surface area (Å²) in [6, 6.07) is 0. The molecule has 7 heteroatoms. The van der Waals surface area contributed by atoms with Crippen molar-refractivity contribution < 1.29 is 8.42 Å². The summed E-state index contributed by atoms with van der Waals surface area (Å²) in [5.41, 5.74) is 0.135. The van der Waals surface area contributed by atoms with E-state index in [4.69, 9.17) is 0 Å². The van der Waals surface area contributed by atoms with Gasteiger partial charge < -0.3 is 5.32 Å². The van der Waals surface area contributed by atoms with Crippen LogP contribution in [0.4, 0.5) is 0 Å². The van der Waals surface area contributed by atoms with Crippen LogP contribution in [0.2, 0.25) is 0 Å². The van der Waals surface area contributed by atoms with Gasteiger partial charge in [0, 0.05) is 19.3 Å². The van der Waals surface area contributed by atoms with Crippen molar-refractivity contribution in [2.45, 2.75) is 44.0 Å². The van der Waals surface area contributed by atoms with Crippen LogP contribution in [0.15, 0.2) is 17.3 Å². The van der Waals surface area contributed by atoms with Crippen LogP contribution in [-0.2, 0) is 16.6 Å². The monoisotopic (exact) mass is 300 g/mol. The molecule has 1 aromatic heterocycles. The van der Waals surface area contributed by atoms with Gasteiger partial charge in [-0.3, -0.25) is 4.68 Å². The third kappa shape index (κ3) is 3.80. The summed E-state index contributed by atoms with van der Waals surface area (Å²) in [5, 5.41) is 7.16. The first-order valence-corrected chi connectivity index (χ1v) is 8.60. The van der Waals surface area contributed by atoms with E-state index < -0.39 is 10.0 Å². The van der Waals surface area contributed by atoms with Crippen molar-refractivity contribution in [3.8, 4) is 0 Å². The standard InChI is InChI=1S/C13H24N4O2S/c1-13(5-3-6-13)11-16-20(18,19)12-9-15-17(10-12)8-4-7-14-2/h9-10,14,16H,3-8,11H2,1-2H3. The highest BCUT2D eigenvalue weighted by Crippen LogP contribution is 2.39. The third-order valence-corrected chi connectivity index (χ3v) is 5.34. The lowest BCUT2D eigenvalue weighted by Crippen LogP contribution is -2.39. The molecular formula is C13H24N4O2S. The van der Waals surface area contributed by atoms with Crippen LogP contribution in [0.25, 0.3) is 0 Å². The lowest BCUT2D eigenvalue weighted by atomic mass is 9.71. The molecule has 1 heterocycles. The van der Waals surface area contributed by atoms with E-state index >= 15 is 0 Å². The second kappa shape index (κ2) is 6.24. The van der Waals surface area contributed by atoms with Gasteiger partial charge in [-0.1, -0.05) is 13.3 Å². The highest BCUT2D eigenvalue weighted by Gasteiger charge is 2.33. The minimum Gasteiger partial charge on any atom is -0.320 e. The Labute approximate surface area is 121 Å². The molecule has 1 aliphatic carbocycles. The molecule has 0 saturated heterocycles. The first-order chi connectivity index (χ1) is 9.45. The van der Waals surface area contributed by atoms with Crippen molar-refractivity contribution in [2.75, 3.05) is 20.1 Å². The zero-order valence-corrected chi connectivity index (χ0v) is 13.0. The summed E-state index contributed by atoms with van der Waals surface area (Å²) in [6.07, 6.45) is 7.33. The molecule has 114 valence electrons. The van der Waals surface area contributed by atoms with Crippen molar-refractivity contribution in [1.29, 1.82) is 0 Å². The Balaban J connectivity index is 1.91. The Morgan fingerprint density at radius 3 is 2.80 bits per heavy atom. The van der Waals surface area contributed by atoms with Crippen LogP contribution >= 0.6 is 0 Å². The highest BCUT2D eigenvalue weighted by molar-refractivity contribution is 7.89. The van der Waals surface area contributed by atoms with E-state index in [0.717, 1.165) is 25.8 Å². The van der Waals surface area contributed by atoms with Crippen LogP contribution in [-0.4, -0.2) is 38.3 Å². The maximum absolute atomic E-state index is 12.2. The quantitative estimate of drug-likeness (QED) is 0.701. The summed E-state index contributed by atoms with van der Waals surface area (Å²) < 4.78 is 28.8. The lowest BCUT2D eigenvalue weighted by molar-refractivity contribution is 0.166. The van der Waals surface area contributed by atoms with Crippen LogP contribution in [0.3, 0.4) is 0 Å². The average molecular weight is 300 g/mol. The number of rotatable bonds is 8. The highest BCUT2D eigenvalue weighted by atomic mass is 32.2. The topological polar surface area (TPSA) is 76.0 Å². The van der Waals surface area contributed by atoms with Crippen molar-refractivity contribution in [1.82, 2.24) is 19.8 Å². The molecule has 1 aromatic rings. The molecule has 0 bridgehead atoms. The van der Waals surface area contributed by atoms with Gasteiger partial charge in [0.25, 0.3) is 0 Å². The van der Waals surface area contributed by atoms with Crippen LogP contribution < -0.4 is 10.0 Å². The van der Waals surface area contributed by atoms with Crippen LogP contribution in [0, 0.1) is 5.41 Å². The molecule has 0 spiro atoms. The smallest absolute Gasteiger partial charge is 0.243 e. The first kappa shape index (κ1) is 15.5. The summed E-state index contributed by atoms with van der Waals surface area (Å²) in [4.78, 5) is 0.255. The van der Waals surface area contributed by atoms with Gasteiger partial charge >= 0.3 is 0 Å². The molecule has 0 unspecified atom stereocenters. The van der Waals surface area contributed by atoms with Crippen LogP contribution in [0.5, 0.6) is 0 Å². The Hall–Kier alpha value is -0.920. The minimum absolute atomic E-state index is 0.135. The molecule has 0 atom stereocenters. The predicted octanol–water partition coefficient (Wildman–Crippen LogP) is 0.961. The van der Waals surface area contributed by atoms with Crippen LogP contribution in [0.1, 0.15) is 32.6 Å². The molecule has 0 aromatic carbocycles. The van der Waals surface area contributed by atoms with E-state index in [9.17, 15) is 8.42 Å². The molecule has 1 saturated carbocycles. The van der Waals surface area contributed by atoms with Gasteiger partial charge in [0.15, 0.2) is 0 Å². The third-order valence-electron chi connectivity index (χ3n) is 3.98. The molecule has 0 radical (unpaired) electrons. The van der Waals surface area contributed by atoms with Gasteiger partial charge in [-0.15, -0.1) is 0 Å². The lowest BCUT2D eigenvalue weighted by Gasteiger charge is -2.38. The fourth-order valence-electron chi connectivity index (χ4n) is 2.33. The van der Waals surface area contributed by atoms with E-state index in [-0.39, 0.29) is 10.3 Å². The number of nitrogens with one attached hydrogen (secondary N) is 2. The number of sulfonamides is 1. The number of hydrogen-bond donors (Lipinski definition) is 2. The Morgan fingerprint density at radius 1 is 1.45 bits per heavy atom. The molecule has 6 nitrogen and oxygen atoms in total. The summed E-state index contributed by atoms with van der Waals surface area (Å²) in [7, 11) is -1.54. The molecule has 0 amide bonds. The molecular weight excluding hydrogens is 276 g/mol. The number of aryl methyl sites for hydroxylation is 1. The van der Waals surface area contributed by atoms with Gasteiger partial charge in [-0.05, 0) is 38.3 Å². The number of nitrogens with zero attached hydrogens (tertiary/aromatic N) is 2. The van der Waals surface area contributed by atoms with Gasteiger partial charge in [0.05, 0.1) is 6.20 Å². The fourth-order valence-corrected chi connectivity index (χ4v) is 3.48. The SMILES string of the molecule is CNCCCn1cc(S(=O)(=O)NCC2(C)CCC2)cn1. The average Bonchev–Trinajstić information content (AvgIpc) is 2.84. The van der Waals surface area contributed by atoms with E-state index in [2.05, 4.69) is 22.1 Å². The number of aromatic nitrogens is 2. The molecule has 1 fully saturated rings. The molecule has 2 N–H and O–H groups in total.